The normalized spacial score (nSPS) is 23.3. The topological polar surface area (TPSA) is 55.6 Å². The Morgan fingerprint density at radius 3 is 2.69 bits per heavy atom. The van der Waals surface area contributed by atoms with Crippen LogP contribution in [0.1, 0.15) is 40.5 Å². The quantitative estimate of drug-likeness (QED) is 0.786. The number of ether oxygens (including phenoxy) is 1. The summed E-state index contributed by atoms with van der Waals surface area (Å²) in [7, 11) is 0. The summed E-state index contributed by atoms with van der Waals surface area (Å²) >= 11 is 0. The molecule has 16 heavy (non-hydrogen) atoms. The molecule has 2 N–H and O–H groups in total. The summed E-state index contributed by atoms with van der Waals surface area (Å²) in [5, 5.41) is 0. The van der Waals surface area contributed by atoms with Gasteiger partial charge in [0, 0.05) is 19.1 Å². The highest BCUT2D eigenvalue weighted by molar-refractivity contribution is 5.68. The number of hydrogen-bond acceptors (Lipinski definition) is 3. The number of nitrogens with zero attached hydrogens (tertiary/aromatic N) is 1. The smallest absolute Gasteiger partial charge is 0.410 e. The monoisotopic (exact) mass is 228 g/mol. The zero-order valence-corrected chi connectivity index (χ0v) is 10.8. The van der Waals surface area contributed by atoms with E-state index in [1.54, 1.807) is 4.90 Å². The molecule has 1 aliphatic heterocycles. The van der Waals surface area contributed by atoms with Crippen LogP contribution in [0.2, 0.25) is 0 Å². The van der Waals surface area contributed by atoms with Crippen molar-refractivity contribution in [3.8, 4) is 0 Å². The molecule has 1 rings (SSSR count). The molecule has 0 aromatic rings. The number of rotatable bonds is 2. The third-order valence-corrected chi connectivity index (χ3v) is 2.95. The van der Waals surface area contributed by atoms with Gasteiger partial charge in [-0.15, -0.1) is 0 Å². The SMILES string of the molecule is CCC(N)C1CCN(C(=O)OC(C)(C)C)C1. The first-order chi connectivity index (χ1) is 7.33. The molecule has 0 aromatic heterocycles. The first-order valence-corrected chi connectivity index (χ1v) is 6.07. The zero-order chi connectivity index (χ0) is 12.3. The van der Waals surface area contributed by atoms with Crippen molar-refractivity contribution in [3.63, 3.8) is 0 Å². The summed E-state index contributed by atoms with van der Waals surface area (Å²) in [5.74, 6) is 0.428. The van der Waals surface area contributed by atoms with Gasteiger partial charge in [0.05, 0.1) is 0 Å². The number of carbonyl (C=O) groups is 1. The predicted molar refractivity (Wildman–Crippen MR) is 64.2 cm³/mol. The Hall–Kier alpha value is -0.770. The van der Waals surface area contributed by atoms with E-state index >= 15 is 0 Å². The van der Waals surface area contributed by atoms with E-state index in [1.807, 2.05) is 20.8 Å². The molecule has 4 heteroatoms. The molecule has 2 atom stereocenters. The van der Waals surface area contributed by atoms with E-state index in [2.05, 4.69) is 6.92 Å². The number of likely N-dealkylation sites (tertiary alicyclic amines) is 1. The molecular formula is C12H24N2O2. The van der Waals surface area contributed by atoms with Crippen molar-refractivity contribution in [2.75, 3.05) is 13.1 Å². The van der Waals surface area contributed by atoms with E-state index in [-0.39, 0.29) is 12.1 Å². The van der Waals surface area contributed by atoms with Gasteiger partial charge in [0.15, 0.2) is 0 Å². The molecule has 0 saturated carbocycles. The maximum absolute atomic E-state index is 11.8. The Morgan fingerprint density at radius 1 is 1.56 bits per heavy atom. The molecular weight excluding hydrogens is 204 g/mol. The van der Waals surface area contributed by atoms with Gasteiger partial charge in [-0.1, -0.05) is 6.92 Å². The van der Waals surface area contributed by atoms with E-state index in [9.17, 15) is 4.79 Å². The highest BCUT2D eigenvalue weighted by Gasteiger charge is 2.31. The largest absolute Gasteiger partial charge is 0.444 e. The highest BCUT2D eigenvalue weighted by Crippen LogP contribution is 2.22. The van der Waals surface area contributed by atoms with Crippen molar-refractivity contribution in [1.29, 1.82) is 0 Å². The van der Waals surface area contributed by atoms with Crippen LogP contribution in [0.3, 0.4) is 0 Å². The zero-order valence-electron chi connectivity index (χ0n) is 10.8. The second-order valence-electron chi connectivity index (χ2n) is 5.55. The molecule has 1 saturated heterocycles. The van der Waals surface area contributed by atoms with Crippen molar-refractivity contribution < 1.29 is 9.53 Å². The Bertz CT molecular complexity index is 248. The minimum Gasteiger partial charge on any atom is -0.444 e. The molecule has 1 amide bonds. The van der Waals surface area contributed by atoms with Crippen LogP contribution < -0.4 is 5.73 Å². The Morgan fingerprint density at radius 2 is 2.19 bits per heavy atom. The Balaban J connectivity index is 2.44. The van der Waals surface area contributed by atoms with Crippen LogP contribution in [0.5, 0.6) is 0 Å². The maximum Gasteiger partial charge on any atom is 0.410 e. The number of hydrogen-bond donors (Lipinski definition) is 1. The van der Waals surface area contributed by atoms with Gasteiger partial charge in [0.1, 0.15) is 5.60 Å². The molecule has 0 aromatic carbocycles. The minimum atomic E-state index is -0.415. The summed E-state index contributed by atoms with van der Waals surface area (Å²) in [4.78, 5) is 13.5. The lowest BCUT2D eigenvalue weighted by atomic mass is 9.98. The van der Waals surface area contributed by atoms with E-state index in [0.29, 0.717) is 5.92 Å². The van der Waals surface area contributed by atoms with Crippen LogP contribution in [0.25, 0.3) is 0 Å². The average Bonchev–Trinajstić information content (AvgIpc) is 2.62. The number of nitrogens with two attached hydrogens (primary N) is 1. The van der Waals surface area contributed by atoms with E-state index < -0.39 is 5.60 Å². The van der Waals surface area contributed by atoms with Gasteiger partial charge in [-0.2, -0.15) is 0 Å². The number of amides is 1. The summed E-state index contributed by atoms with van der Waals surface area (Å²) in [6, 6.07) is 0.201. The maximum atomic E-state index is 11.8. The summed E-state index contributed by atoms with van der Waals surface area (Å²) in [6.07, 6.45) is 1.75. The van der Waals surface area contributed by atoms with Gasteiger partial charge >= 0.3 is 6.09 Å². The molecule has 94 valence electrons. The molecule has 0 bridgehead atoms. The summed E-state index contributed by atoms with van der Waals surface area (Å²) < 4.78 is 5.33. The van der Waals surface area contributed by atoms with Gasteiger partial charge in [0.25, 0.3) is 0 Å². The molecule has 1 heterocycles. The van der Waals surface area contributed by atoms with Gasteiger partial charge in [-0.05, 0) is 39.5 Å². The van der Waals surface area contributed by atoms with Crippen LogP contribution >= 0.6 is 0 Å². The van der Waals surface area contributed by atoms with E-state index in [0.717, 1.165) is 25.9 Å². The fourth-order valence-corrected chi connectivity index (χ4v) is 1.96. The van der Waals surface area contributed by atoms with Gasteiger partial charge < -0.3 is 15.4 Å². The second kappa shape index (κ2) is 5.04. The standard InChI is InChI=1S/C12H24N2O2/c1-5-10(13)9-6-7-14(8-9)11(15)16-12(2,3)4/h9-10H,5-8,13H2,1-4H3. The van der Waals surface area contributed by atoms with Gasteiger partial charge in [-0.25, -0.2) is 4.79 Å². The van der Waals surface area contributed by atoms with Crippen LogP contribution in [0.15, 0.2) is 0 Å². The van der Waals surface area contributed by atoms with E-state index in [4.69, 9.17) is 10.5 Å². The van der Waals surface area contributed by atoms with Crippen molar-refractivity contribution >= 4 is 6.09 Å². The Labute approximate surface area is 98.1 Å². The average molecular weight is 228 g/mol. The molecule has 0 spiro atoms. The fraction of sp³-hybridized carbons (Fsp3) is 0.917. The second-order valence-corrected chi connectivity index (χ2v) is 5.55. The summed E-state index contributed by atoms with van der Waals surface area (Å²) in [5.41, 5.74) is 5.57. The van der Waals surface area contributed by atoms with Gasteiger partial charge in [0.2, 0.25) is 0 Å². The summed E-state index contributed by atoms with van der Waals surface area (Å²) in [6.45, 7) is 9.25. The minimum absolute atomic E-state index is 0.201. The lowest BCUT2D eigenvalue weighted by Crippen LogP contribution is -2.37. The van der Waals surface area contributed by atoms with Crippen LogP contribution in [-0.4, -0.2) is 35.7 Å². The molecule has 1 fully saturated rings. The molecule has 2 unspecified atom stereocenters. The molecule has 1 aliphatic rings. The molecule has 4 nitrogen and oxygen atoms in total. The first kappa shape index (κ1) is 13.3. The fourth-order valence-electron chi connectivity index (χ4n) is 1.96. The van der Waals surface area contributed by atoms with E-state index in [1.165, 1.54) is 0 Å². The van der Waals surface area contributed by atoms with Crippen LogP contribution in [-0.2, 0) is 4.74 Å². The van der Waals surface area contributed by atoms with Crippen molar-refractivity contribution in [3.05, 3.63) is 0 Å². The van der Waals surface area contributed by atoms with Crippen molar-refractivity contribution in [2.45, 2.75) is 52.2 Å². The third kappa shape index (κ3) is 3.67. The Kier molecular flexibility index (Phi) is 4.19. The van der Waals surface area contributed by atoms with Crippen molar-refractivity contribution in [2.24, 2.45) is 11.7 Å². The van der Waals surface area contributed by atoms with Crippen LogP contribution in [0, 0.1) is 5.92 Å². The first-order valence-electron chi connectivity index (χ1n) is 6.07. The van der Waals surface area contributed by atoms with Crippen molar-refractivity contribution in [1.82, 2.24) is 4.90 Å². The number of carbonyl (C=O) groups excluding carboxylic acids is 1. The lowest BCUT2D eigenvalue weighted by molar-refractivity contribution is 0.0286. The predicted octanol–water partition coefficient (Wildman–Crippen LogP) is 1.98. The van der Waals surface area contributed by atoms with Crippen LogP contribution in [0.4, 0.5) is 4.79 Å². The highest BCUT2D eigenvalue weighted by atomic mass is 16.6. The lowest BCUT2D eigenvalue weighted by Gasteiger charge is -2.25. The molecule has 0 radical (unpaired) electrons. The van der Waals surface area contributed by atoms with Gasteiger partial charge in [-0.3, -0.25) is 0 Å². The molecule has 0 aliphatic carbocycles. The third-order valence-electron chi connectivity index (χ3n) is 2.95.